The average molecular weight is 498 g/mol. The third kappa shape index (κ3) is 3.55. The molecule has 8 rings (SSSR count). The van der Waals surface area contributed by atoms with Gasteiger partial charge in [0.1, 0.15) is 0 Å². The second-order valence-corrected chi connectivity index (χ2v) is 10.2. The van der Waals surface area contributed by atoms with Crippen LogP contribution in [0, 0.1) is 6.92 Å². The van der Waals surface area contributed by atoms with Gasteiger partial charge in [0, 0.05) is 38.9 Å². The maximum Gasteiger partial charge on any atom is 0.0972 e. The number of hydrogen-bond donors (Lipinski definition) is 0. The van der Waals surface area contributed by atoms with E-state index in [2.05, 4.69) is 121 Å². The third-order valence-electron chi connectivity index (χ3n) is 7.77. The molecule has 3 nitrogen and oxygen atoms in total. The molecule has 3 heterocycles. The summed E-state index contributed by atoms with van der Waals surface area (Å²) < 4.78 is 0. The number of hydrogen-bond acceptors (Lipinski definition) is 3. The first-order valence-electron chi connectivity index (χ1n) is 13.2. The van der Waals surface area contributed by atoms with Crippen LogP contribution in [-0.4, -0.2) is 15.0 Å². The van der Waals surface area contributed by atoms with Gasteiger partial charge in [-0.1, -0.05) is 84.9 Å². The summed E-state index contributed by atoms with van der Waals surface area (Å²) in [4.78, 5) is 14.8. The van der Waals surface area contributed by atoms with Crippen LogP contribution >= 0.6 is 0 Å². The van der Waals surface area contributed by atoms with Crippen molar-refractivity contribution in [2.45, 2.75) is 6.92 Å². The van der Waals surface area contributed by atoms with Crippen molar-refractivity contribution in [3.63, 3.8) is 0 Å². The van der Waals surface area contributed by atoms with Gasteiger partial charge in [-0.05, 0) is 59.0 Å². The summed E-state index contributed by atoms with van der Waals surface area (Å²) >= 11 is 0. The highest BCUT2D eigenvalue weighted by molar-refractivity contribution is 6.07. The van der Waals surface area contributed by atoms with Gasteiger partial charge >= 0.3 is 0 Å². The molecule has 0 aliphatic heterocycles. The van der Waals surface area contributed by atoms with Crippen LogP contribution < -0.4 is 0 Å². The summed E-state index contributed by atoms with van der Waals surface area (Å²) in [6, 6.07) is 40.7. The second-order valence-electron chi connectivity index (χ2n) is 10.2. The van der Waals surface area contributed by atoms with Gasteiger partial charge in [0.2, 0.25) is 0 Å². The molecule has 39 heavy (non-hydrogen) atoms. The van der Waals surface area contributed by atoms with Gasteiger partial charge in [-0.25, -0.2) is 9.97 Å². The van der Waals surface area contributed by atoms with Crippen LogP contribution in [0.25, 0.3) is 76.8 Å². The van der Waals surface area contributed by atoms with E-state index < -0.39 is 0 Å². The first-order valence-corrected chi connectivity index (χ1v) is 13.2. The number of aryl methyl sites for hydroxylation is 1. The first-order chi connectivity index (χ1) is 19.2. The van der Waals surface area contributed by atoms with E-state index in [-0.39, 0.29) is 0 Å². The molecule has 0 saturated heterocycles. The molecule has 0 bridgehead atoms. The Hall–Kier alpha value is -5.15. The van der Waals surface area contributed by atoms with Crippen LogP contribution in [0.5, 0.6) is 0 Å². The minimum Gasteiger partial charge on any atom is -0.254 e. The van der Waals surface area contributed by atoms with Crippen LogP contribution in [0.15, 0.2) is 121 Å². The summed E-state index contributed by atoms with van der Waals surface area (Å²) in [5.41, 5.74) is 8.28. The molecular weight excluding hydrogens is 474 g/mol. The van der Waals surface area contributed by atoms with E-state index in [4.69, 9.17) is 9.97 Å². The molecule has 182 valence electrons. The summed E-state index contributed by atoms with van der Waals surface area (Å²) in [6.45, 7) is 2.16. The predicted molar refractivity (Wildman–Crippen MR) is 163 cm³/mol. The molecule has 3 heteroatoms. The van der Waals surface area contributed by atoms with Gasteiger partial charge in [-0.3, -0.25) is 4.98 Å². The number of nitrogens with zero attached hydrogens (tertiary/aromatic N) is 3. The van der Waals surface area contributed by atoms with Gasteiger partial charge in [-0.2, -0.15) is 0 Å². The van der Waals surface area contributed by atoms with Crippen molar-refractivity contribution < 1.29 is 0 Å². The van der Waals surface area contributed by atoms with Gasteiger partial charge in [0.05, 0.1) is 27.9 Å². The molecule has 0 aliphatic carbocycles. The summed E-state index contributed by atoms with van der Waals surface area (Å²) in [7, 11) is 0. The summed E-state index contributed by atoms with van der Waals surface area (Å²) in [5.74, 6) is 0. The maximum atomic E-state index is 5.17. The molecular formula is C36H23N3. The fourth-order valence-electron chi connectivity index (χ4n) is 5.75. The fraction of sp³-hybridized carbons (Fsp3) is 0.0278. The maximum absolute atomic E-state index is 5.17. The Morgan fingerprint density at radius 2 is 1.00 bits per heavy atom. The molecule has 8 aromatic rings. The molecule has 0 fully saturated rings. The Morgan fingerprint density at radius 3 is 1.74 bits per heavy atom. The number of rotatable bonds is 2. The van der Waals surface area contributed by atoms with Gasteiger partial charge in [0.15, 0.2) is 0 Å². The van der Waals surface area contributed by atoms with Crippen molar-refractivity contribution in [3.8, 4) is 22.5 Å². The number of aromatic nitrogens is 3. The molecule has 0 aliphatic rings. The van der Waals surface area contributed by atoms with Crippen LogP contribution in [0.2, 0.25) is 0 Å². The molecule has 0 amide bonds. The molecule has 3 aromatic heterocycles. The Labute approximate surface area is 225 Å². The van der Waals surface area contributed by atoms with E-state index in [1.807, 2.05) is 12.3 Å². The van der Waals surface area contributed by atoms with Crippen molar-refractivity contribution in [1.29, 1.82) is 0 Å². The number of fused-ring (bicyclic) bond motifs is 7. The lowest BCUT2D eigenvalue weighted by Gasteiger charge is -2.10. The molecule has 0 atom stereocenters. The molecule has 0 spiro atoms. The molecule has 0 N–H and O–H groups in total. The highest BCUT2D eigenvalue weighted by Gasteiger charge is 2.10. The minimum atomic E-state index is 0.933. The standard InChI is InChI=1S/C36H23N3/c1-22-4-2-5-24-9-10-26-15-17-31(38-34(26)33(22)24)28-13-7-23-8-14-29(21-30(23)20-28)32-18-16-27-12-11-25-6-3-19-37-35(25)36(27)39-32/h2-21H,1H3. The Morgan fingerprint density at radius 1 is 0.436 bits per heavy atom. The van der Waals surface area contributed by atoms with Crippen molar-refractivity contribution >= 4 is 54.3 Å². The highest BCUT2D eigenvalue weighted by Crippen LogP contribution is 2.32. The van der Waals surface area contributed by atoms with Crippen molar-refractivity contribution in [1.82, 2.24) is 15.0 Å². The lowest BCUT2D eigenvalue weighted by Crippen LogP contribution is -1.90. The average Bonchev–Trinajstić information content (AvgIpc) is 3.00. The zero-order valence-electron chi connectivity index (χ0n) is 21.4. The van der Waals surface area contributed by atoms with Crippen molar-refractivity contribution in [3.05, 3.63) is 127 Å². The Kier molecular flexibility index (Phi) is 4.74. The van der Waals surface area contributed by atoms with E-state index in [0.717, 1.165) is 55.2 Å². The number of pyridine rings is 3. The second kappa shape index (κ2) is 8.44. The number of benzene rings is 5. The SMILES string of the molecule is Cc1cccc2ccc3ccc(-c4ccc5ccc(-c6ccc7ccc8cccnc8c7n6)cc5c4)nc3c12. The predicted octanol–water partition coefficient (Wildman–Crippen LogP) is 9.28. The van der Waals surface area contributed by atoms with Gasteiger partial charge in [0.25, 0.3) is 0 Å². The van der Waals surface area contributed by atoms with Crippen LogP contribution in [0.1, 0.15) is 5.56 Å². The molecule has 0 unspecified atom stereocenters. The van der Waals surface area contributed by atoms with E-state index in [9.17, 15) is 0 Å². The van der Waals surface area contributed by atoms with E-state index >= 15 is 0 Å². The first kappa shape index (κ1) is 21.9. The smallest absolute Gasteiger partial charge is 0.0972 e. The van der Waals surface area contributed by atoms with Gasteiger partial charge in [-0.15, -0.1) is 0 Å². The highest BCUT2D eigenvalue weighted by atomic mass is 14.8. The van der Waals surface area contributed by atoms with E-state index in [1.165, 1.54) is 27.1 Å². The summed E-state index contributed by atoms with van der Waals surface area (Å²) in [5, 5.41) is 8.16. The lowest BCUT2D eigenvalue weighted by atomic mass is 9.99. The summed E-state index contributed by atoms with van der Waals surface area (Å²) in [6.07, 6.45) is 1.83. The van der Waals surface area contributed by atoms with Crippen LogP contribution in [0.3, 0.4) is 0 Å². The topological polar surface area (TPSA) is 38.7 Å². The minimum absolute atomic E-state index is 0.933. The molecule has 0 saturated carbocycles. The monoisotopic (exact) mass is 497 g/mol. The largest absolute Gasteiger partial charge is 0.254 e. The fourth-order valence-corrected chi connectivity index (χ4v) is 5.75. The van der Waals surface area contributed by atoms with Crippen molar-refractivity contribution in [2.75, 3.05) is 0 Å². The van der Waals surface area contributed by atoms with E-state index in [1.54, 1.807) is 0 Å². The normalized spacial score (nSPS) is 11.7. The Bertz CT molecular complexity index is 2250. The van der Waals surface area contributed by atoms with Crippen molar-refractivity contribution in [2.24, 2.45) is 0 Å². The van der Waals surface area contributed by atoms with Crippen LogP contribution in [0.4, 0.5) is 0 Å². The quantitative estimate of drug-likeness (QED) is 0.223. The zero-order valence-corrected chi connectivity index (χ0v) is 21.4. The molecule has 0 radical (unpaired) electrons. The van der Waals surface area contributed by atoms with E-state index in [0.29, 0.717) is 0 Å². The lowest BCUT2D eigenvalue weighted by molar-refractivity contribution is 1.37. The van der Waals surface area contributed by atoms with Crippen LogP contribution in [-0.2, 0) is 0 Å². The Balaban J connectivity index is 1.27. The molecule has 5 aromatic carbocycles. The zero-order chi connectivity index (χ0) is 25.9. The third-order valence-corrected chi connectivity index (χ3v) is 7.77. The van der Waals surface area contributed by atoms with Gasteiger partial charge < -0.3 is 0 Å².